The van der Waals surface area contributed by atoms with Crippen LogP contribution in [0.1, 0.15) is 41.5 Å². The molecule has 0 saturated heterocycles. The number of carbonyl (C=O) groups excluding carboxylic acids is 2. The molecule has 6 N–H and O–H groups in total. The predicted octanol–water partition coefficient (Wildman–Crippen LogP) is 0.697. The fourth-order valence-electron chi connectivity index (χ4n) is 0.557. The number of ether oxygens (including phenoxy) is 1. The summed E-state index contributed by atoms with van der Waals surface area (Å²) in [6.07, 6.45) is 1.67. The smallest absolute Gasteiger partial charge is 0.327 e. The Kier molecular flexibility index (Phi) is 19.7. The van der Waals surface area contributed by atoms with Gasteiger partial charge in [-0.05, 0) is 41.5 Å². The van der Waals surface area contributed by atoms with Gasteiger partial charge in [0.05, 0.1) is 36.1 Å². The maximum atomic E-state index is 11.4. The van der Waals surface area contributed by atoms with E-state index in [4.69, 9.17) is 30.6 Å². The molecule has 0 bridgehead atoms. The number of hydrogen-bond donors (Lipinski definition) is 6. The van der Waals surface area contributed by atoms with Gasteiger partial charge >= 0.3 is 29.8 Å². The molecule has 0 aliphatic heterocycles. The van der Waals surface area contributed by atoms with Crippen molar-refractivity contribution in [3.05, 3.63) is 25.3 Å². The predicted molar refractivity (Wildman–Crippen MR) is 117 cm³/mol. The first-order valence-electron chi connectivity index (χ1n) is 9.25. The molecule has 12 nitrogen and oxygen atoms in total. The minimum Gasteiger partial charge on any atom is -0.481 e. The highest BCUT2D eigenvalue weighted by molar-refractivity contribution is 5.91. The Bertz CT molecular complexity index is 631. The normalized spacial score (nSPS) is 10.3. The van der Waals surface area contributed by atoms with Gasteiger partial charge in [-0.1, -0.05) is 13.2 Å². The van der Waals surface area contributed by atoms with Crippen molar-refractivity contribution >= 4 is 29.8 Å². The van der Waals surface area contributed by atoms with Crippen LogP contribution in [0.5, 0.6) is 0 Å². The van der Waals surface area contributed by atoms with Crippen molar-refractivity contribution in [2.24, 2.45) is 16.2 Å². The zero-order valence-corrected chi connectivity index (χ0v) is 19.8. The van der Waals surface area contributed by atoms with Crippen LogP contribution in [0.3, 0.4) is 0 Å². The average Bonchev–Trinajstić information content (AvgIpc) is 2.74. The fourth-order valence-corrected chi connectivity index (χ4v) is 0.557. The van der Waals surface area contributed by atoms with Crippen LogP contribution < -0.4 is 0 Å². The van der Waals surface area contributed by atoms with Crippen LogP contribution in [0.15, 0.2) is 25.3 Å². The minimum absolute atomic E-state index is 0.317. The maximum absolute atomic E-state index is 11.4. The molecule has 0 spiro atoms. The van der Waals surface area contributed by atoms with Crippen molar-refractivity contribution in [1.82, 2.24) is 0 Å². The second-order valence-corrected chi connectivity index (χ2v) is 8.19. The molecular formula is C21H36O12. The Labute approximate surface area is 192 Å². The van der Waals surface area contributed by atoms with Gasteiger partial charge < -0.3 is 35.4 Å². The number of carboxylic acid groups (broad SMARTS) is 3. The largest absolute Gasteiger partial charge is 0.481 e. The second kappa shape index (κ2) is 17.5. The Morgan fingerprint density at radius 2 is 0.848 bits per heavy atom. The van der Waals surface area contributed by atoms with E-state index in [0.29, 0.717) is 0 Å². The van der Waals surface area contributed by atoms with Crippen molar-refractivity contribution in [2.75, 3.05) is 19.8 Å². The third kappa shape index (κ3) is 20.6. The topological polar surface area (TPSA) is 216 Å². The Morgan fingerprint density at radius 3 is 0.939 bits per heavy atom. The SMILES string of the molecule is C=CC(=O)O.C=CC(=O)O.CC(C)(CO)C(=O)O.CC(C)(CO)C(=O)OC(=O)C(C)(C)CO. The van der Waals surface area contributed by atoms with Crippen LogP contribution >= 0.6 is 0 Å². The standard InChI is InChI=1S/C10H18O5.C5H10O3.2C3H4O2/c1-9(2,5-11)7(13)15-8(14)10(3,4)6-12;1-5(2,3-6)4(7)8;2*1-2-3(4)5/h11-12H,5-6H2,1-4H3;6H,3H2,1-2H3,(H,7,8);2*2H,1H2,(H,4,5). The van der Waals surface area contributed by atoms with Crippen molar-refractivity contribution in [3.8, 4) is 0 Å². The lowest BCUT2D eigenvalue weighted by atomic mass is 9.93. The zero-order valence-electron chi connectivity index (χ0n) is 19.8. The van der Waals surface area contributed by atoms with Gasteiger partial charge in [0.1, 0.15) is 0 Å². The van der Waals surface area contributed by atoms with Crippen LogP contribution in [-0.2, 0) is 28.7 Å². The molecule has 0 atom stereocenters. The van der Waals surface area contributed by atoms with Gasteiger partial charge in [-0.2, -0.15) is 0 Å². The molecule has 0 amide bonds. The molecule has 33 heavy (non-hydrogen) atoms. The Morgan fingerprint density at radius 1 is 0.636 bits per heavy atom. The maximum Gasteiger partial charge on any atom is 0.327 e. The van der Waals surface area contributed by atoms with Crippen LogP contribution in [0.4, 0.5) is 0 Å². The number of aliphatic hydroxyl groups excluding tert-OH is 3. The summed E-state index contributed by atoms with van der Waals surface area (Å²) in [5, 5.41) is 49.6. The van der Waals surface area contributed by atoms with E-state index in [1.54, 1.807) is 0 Å². The molecule has 0 aliphatic rings. The number of aliphatic hydroxyl groups is 3. The molecule has 0 aliphatic carbocycles. The summed E-state index contributed by atoms with van der Waals surface area (Å²) in [4.78, 5) is 51.4. The average molecular weight is 481 g/mol. The number of esters is 2. The summed E-state index contributed by atoms with van der Waals surface area (Å²) in [5.74, 6) is -4.52. The molecule has 12 heteroatoms. The summed E-state index contributed by atoms with van der Waals surface area (Å²) in [5.41, 5.74) is -3.21. The molecule has 0 saturated carbocycles. The lowest BCUT2D eigenvalue weighted by molar-refractivity contribution is -0.174. The molecule has 0 aromatic rings. The van der Waals surface area contributed by atoms with Crippen LogP contribution in [0.2, 0.25) is 0 Å². The van der Waals surface area contributed by atoms with Gasteiger partial charge in [-0.15, -0.1) is 0 Å². The van der Waals surface area contributed by atoms with Gasteiger partial charge in [-0.25, -0.2) is 9.59 Å². The van der Waals surface area contributed by atoms with E-state index in [1.165, 1.54) is 41.5 Å². The van der Waals surface area contributed by atoms with Gasteiger partial charge in [-0.3, -0.25) is 14.4 Å². The van der Waals surface area contributed by atoms with Gasteiger partial charge in [0, 0.05) is 12.2 Å². The summed E-state index contributed by atoms with van der Waals surface area (Å²) in [6.45, 7) is 13.6. The minimum atomic E-state index is -1.11. The van der Waals surface area contributed by atoms with E-state index in [1.807, 2.05) is 0 Å². The number of carbonyl (C=O) groups is 5. The quantitative estimate of drug-likeness (QED) is 0.161. The highest BCUT2D eigenvalue weighted by Crippen LogP contribution is 2.21. The first kappa shape index (κ1) is 37.2. The molecule has 0 fully saturated rings. The van der Waals surface area contributed by atoms with Crippen molar-refractivity contribution in [2.45, 2.75) is 41.5 Å². The molecule has 0 aromatic heterocycles. The van der Waals surface area contributed by atoms with Crippen LogP contribution in [0, 0.1) is 16.2 Å². The van der Waals surface area contributed by atoms with Gasteiger partial charge in [0.2, 0.25) is 0 Å². The first-order valence-corrected chi connectivity index (χ1v) is 9.25. The number of rotatable bonds is 8. The molecule has 0 heterocycles. The molecule has 192 valence electrons. The molecular weight excluding hydrogens is 444 g/mol. The van der Waals surface area contributed by atoms with E-state index in [-0.39, 0.29) is 6.61 Å². The van der Waals surface area contributed by atoms with E-state index >= 15 is 0 Å². The Hall–Kier alpha value is -3.09. The molecule has 0 aromatic carbocycles. The van der Waals surface area contributed by atoms with Gasteiger partial charge in [0.15, 0.2) is 0 Å². The van der Waals surface area contributed by atoms with E-state index in [9.17, 15) is 24.0 Å². The van der Waals surface area contributed by atoms with Gasteiger partial charge in [0.25, 0.3) is 0 Å². The van der Waals surface area contributed by atoms with Crippen molar-refractivity contribution < 1.29 is 59.3 Å². The van der Waals surface area contributed by atoms with E-state index < -0.39 is 59.3 Å². The first-order chi connectivity index (χ1) is 14.7. The highest BCUT2D eigenvalue weighted by Gasteiger charge is 2.36. The van der Waals surface area contributed by atoms with Crippen molar-refractivity contribution in [3.63, 3.8) is 0 Å². The summed E-state index contributed by atoms with van der Waals surface area (Å²) < 4.78 is 4.56. The highest BCUT2D eigenvalue weighted by atomic mass is 16.6. The lowest BCUT2D eigenvalue weighted by Gasteiger charge is -2.23. The van der Waals surface area contributed by atoms with E-state index in [2.05, 4.69) is 17.9 Å². The third-order valence-electron chi connectivity index (χ3n) is 3.40. The van der Waals surface area contributed by atoms with Crippen LogP contribution in [0.25, 0.3) is 0 Å². The van der Waals surface area contributed by atoms with Crippen LogP contribution in [-0.4, -0.2) is 80.3 Å². The molecule has 0 unspecified atom stereocenters. The van der Waals surface area contributed by atoms with E-state index in [0.717, 1.165) is 12.2 Å². The zero-order chi connectivity index (χ0) is 27.6. The summed E-state index contributed by atoms with van der Waals surface area (Å²) >= 11 is 0. The molecule has 0 radical (unpaired) electrons. The second-order valence-electron chi connectivity index (χ2n) is 8.19. The number of hydrogen-bond acceptors (Lipinski definition) is 9. The van der Waals surface area contributed by atoms with Crippen molar-refractivity contribution in [1.29, 1.82) is 0 Å². The third-order valence-corrected chi connectivity index (χ3v) is 3.40. The number of aliphatic carboxylic acids is 3. The summed E-state index contributed by atoms with van der Waals surface area (Å²) in [6, 6.07) is 0. The fraction of sp³-hybridized carbons (Fsp3) is 0.571. The summed E-state index contributed by atoms with van der Waals surface area (Å²) in [7, 11) is 0. The number of carboxylic acids is 3. The molecule has 0 rings (SSSR count). The Balaban J connectivity index is -0.000000195. The monoisotopic (exact) mass is 480 g/mol. The lowest BCUT2D eigenvalue weighted by Crippen LogP contribution is -2.38.